The number of rotatable bonds is 12. The SMILES string of the molecule is CCCCCCn1c(-c2ccc(SC(C)(C)C(=O)O)cc2)nc(C(=O)Nc2c(C)cccc2OC)c1C. The van der Waals surface area contributed by atoms with Gasteiger partial charge in [0.1, 0.15) is 22.0 Å². The molecule has 0 atom stereocenters. The van der Waals surface area contributed by atoms with Crippen LogP contribution in [0.3, 0.4) is 0 Å². The number of nitrogens with one attached hydrogen (secondary N) is 1. The van der Waals surface area contributed by atoms with Crippen LogP contribution in [0.15, 0.2) is 47.4 Å². The number of carboxylic acids is 1. The van der Waals surface area contributed by atoms with Gasteiger partial charge in [-0.25, -0.2) is 4.98 Å². The zero-order chi connectivity index (χ0) is 27.2. The van der Waals surface area contributed by atoms with Gasteiger partial charge in [-0.15, -0.1) is 11.8 Å². The molecule has 8 heteroatoms. The first-order valence-corrected chi connectivity index (χ1v) is 13.5. The number of amides is 1. The van der Waals surface area contributed by atoms with Crippen LogP contribution < -0.4 is 10.1 Å². The van der Waals surface area contributed by atoms with Gasteiger partial charge in [-0.3, -0.25) is 9.59 Å². The van der Waals surface area contributed by atoms with Crippen molar-refractivity contribution in [2.24, 2.45) is 0 Å². The Balaban J connectivity index is 1.95. The number of hydrogen-bond donors (Lipinski definition) is 2. The summed E-state index contributed by atoms with van der Waals surface area (Å²) in [6.07, 6.45) is 4.41. The second-order valence-corrected chi connectivity index (χ2v) is 11.3. The van der Waals surface area contributed by atoms with Gasteiger partial charge in [0.2, 0.25) is 0 Å². The number of nitrogens with zero attached hydrogens (tertiary/aromatic N) is 2. The van der Waals surface area contributed by atoms with E-state index in [1.165, 1.54) is 11.8 Å². The summed E-state index contributed by atoms with van der Waals surface area (Å²) in [6.45, 7) is 10.2. The number of unbranched alkanes of at least 4 members (excludes halogenated alkanes) is 3. The standard InChI is InChI=1S/C29H37N3O4S/c1-7-8-9-10-18-32-20(3)25(27(33)31-24-19(2)12-11-13-23(24)36-6)30-26(32)21-14-16-22(17-15-21)37-29(4,5)28(34)35/h11-17H,7-10,18H2,1-6H3,(H,31,33)(H,34,35). The number of hydrogen-bond acceptors (Lipinski definition) is 5. The van der Waals surface area contributed by atoms with Crippen LogP contribution in [0.4, 0.5) is 5.69 Å². The molecule has 0 bridgehead atoms. The van der Waals surface area contributed by atoms with E-state index >= 15 is 0 Å². The zero-order valence-electron chi connectivity index (χ0n) is 22.6. The molecule has 3 aromatic rings. The lowest BCUT2D eigenvalue weighted by Crippen LogP contribution is -2.26. The van der Waals surface area contributed by atoms with Crippen LogP contribution in [0.5, 0.6) is 5.75 Å². The van der Waals surface area contributed by atoms with Crippen molar-refractivity contribution < 1.29 is 19.4 Å². The van der Waals surface area contributed by atoms with E-state index in [0.717, 1.165) is 59.8 Å². The molecule has 37 heavy (non-hydrogen) atoms. The number of aliphatic carboxylic acids is 1. The number of anilines is 1. The molecule has 198 valence electrons. The molecule has 7 nitrogen and oxygen atoms in total. The van der Waals surface area contributed by atoms with Gasteiger partial charge in [-0.05, 0) is 57.9 Å². The largest absolute Gasteiger partial charge is 0.495 e. The van der Waals surface area contributed by atoms with Crippen molar-refractivity contribution in [2.75, 3.05) is 12.4 Å². The Morgan fingerprint density at radius 1 is 1.08 bits per heavy atom. The van der Waals surface area contributed by atoms with Gasteiger partial charge < -0.3 is 19.7 Å². The quantitative estimate of drug-likeness (QED) is 0.197. The van der Waals surface area contributed by atoms with Crippen molar-refractivity contribution >= 4 is 29.3 Å². The maximum Gasteiger partial charge on any atom is 0.319 e. The Hall–Kier alpha value is -3.26. The fourth-order valence-electron chi connectivity index (χ4n) is 4.09. The molecule has 1 heterocycles. The minimum Gasteiger partial charge on any atom is -0.495 e. The molecule has 0 saturated heterocycles. The number of aryl methyl sites for hydroxylation is 1. The van der Waals surface area contributed by atoms with Gasteiger partial charge in [-0.1, -0.05) is 50.5 Å². The molecule has 0 saturated carbocycles. The summed E-state index contributed by atoms with van der Waals surface area (Å²) in [5.41, 5.74) is 3.60. The van der Waals surface area contributed by atoms with E-state index in [1.54, 1.807) is 21.0 Å². The summed E-state index contributed by atoms with van der Waals surface area (Å²) >= 11 is 1.30. The molecule has 1 aromatic heterocycles. The maximum absolute atomic E-state index is 13.4. The van der Waals surface area contributed by atoms with E-state index in [4.69, 9.17) is 9.72 Å². The first kappa shape index (κ1) is 28.3. The number of carbonyl (C=O) groups is 2. The number of ether oxygens (including phenoxy) is 1. The van der Waals surface area contributed by atoms with Crippen LogP contribution in [0.2, 0.25) is 0 Å². The van der Waals surface area contributed by atoms with Crippen molar-refractivity contribution in [1.29, 1.82) is 0 Å². The Labute approximate surface area is 223 Å². The Morgan fingerprint density at radius 2 is 1.78 bits per heavy atom. The average molecular weight is 524 g/mol. The topological polar surface area (TPSA) is 93.5 Å². The van der Waals surface area contributed by atoms with Crippen LogP contribution >= 0.6 is 11.8 Å². The van der Waals surface area contributed by atoms with Crippen LogP contribution in [0.25, 0.3) is 11.4 Å². The lowest BCUT2D eigenvalue weighted by atomic mass is 10.1. The molecule has 2 aromatic carbocycles. The van der Waals surface area contributed by atoms with Gasteiger partial charge in [0.25, 0.3) is 5.91 Å². The normalized spacial score (nSPS) is 11.4. The minimum atomic E-state index is -0.933. The van der Waals surface area contributed by atoms with E-state index in [0.29, 0.717) is 17.1 Å². The summed E-state index contributed by atoms with van der Waals surface area (Å²) in [5, 5.41) is 12.5. The van der Waals surface area contributed by atoms with E-state index < -0.39 is 10.7 Å². The number of benzene rings is 2. The summed E-state index contributed by atoms with van der Waals surface area (Å²) in [4.78, 5) is 30.6. The summed E-state index contributed by atoms with van der Waals surface area (Å²) < 4.78 is 6.63. The molecule has 1 amide bonds. The van der Waals surface area contributed by atoms with Crippen LogP contribution in [-0.2, 0) is 11.3 Å². The van der Waals surface area contributed by atoms with Gasteiger partial charge in [0, 0.05) is 22.7 Å². The average Bonchev–Trinajstić information content (AvgIpc) is 3.19. The molecule has 3 rings (SSSR count). The highest BCUT2D eigenvalue weighted by molar-refractivity contribution is 8.01. The minimum absolute atomic E-state index is 0.283. The number of para-hydroxylation sites is 1. The Morgan fingerprint density at radius 3 is 2.41 bits per heavy atom. The number of thioether (sulfide) groups is 1. The van der Waals surface area contributed by atoms with E-state index in [9.17, 15) is 14.7 Å². The fourth-order valence-corrected chi connectivity index (χ4v) is 5.04. The molecule has 0 fully saturated rings. The fraction of sp³-hybridized carbons (Fsp3) is 0.414. The monoisotopic (exact) mass is 523 g/mol. The molecule has 0 aliphatic carbocycles. The van der Waals surface area contributed by atoms with Crippen molar-refractivity contribution in [2.45, 2.75) is 76.5 Å². The lowest BCUT2D eigenvalue weighted by molar-refractivity contribution is -0.138. The number of carbonyl (C=O) groups excluding carboxylic acids is 1. The van der Waals surface area contributed by atoms with E-state index in [1.807, 2.05) is 56.3 Å². The van der Waals surface area contributed by atoms with Gasteiger partial charge in [0.05, 0.1) is 12.8 Å². The molecule has 0 aliphatic rings. The second-order valence-electron chi connectivity index (χ2n) is 9.63. The maximum atomic E-state index is 13.4. The predicted molar refractivity (Wildman–Crippen MR) is 150 cm³/mol. The third-order valence-corrected chi connectivity index (χ3v) is 7.56. The lowest BCUT2D eigenvalue weighted by Gasteiger charge is -2.18. The summed E-state index contributed by atoms with van der Waals surface area (Å²) in [6, 6.07) is 13.3. The van der Waals surface area contributed by atoms with Crippen molar-refractivity contribution in [3.63, 3.8) is 0 Å². The van der Waals surface area contributed by atoms with Gasteiger partial charge in [0.15, 0.2) is 0 Å². The Bertz CT molecular complexity index is 1250. The second kappa shape index (κ2) is 12.3. The number of carboxylic acid groups (broad SMARTS) is 1. The third kappa shape index (κ3) is 6.74. The summed E-state index contributed by atoms with van der Waals surface area (Å²) in [7, 11) is 1.58. The van der Waals surface area contributed by atoms with Crippen LogP contribution in [0.1, 0.15) is 68.2 Å². The van der Waals surface area contributed by atoms with Crippen molar-refractivity contribution in [3.05, 3.63) is 59.4 Å². The predicted octanol–water partition coefficient (Wildman–Crippen LogP) is 6.96. The molecular formula is C29H37N3O4S. The first-order chi connectivity index (χ1) is 17.6. The molecule has 2 N–H and O–H groups in total. The molecule has 0 aliphatic heterocycles. The van der Waals surface area contributed by atoms with Crippen molar-refractivity contribution in [3.8, 4) is 17.1 Å². The molecular weight excluding hydrogens is 486 g/mol. The first-order valence-electron chi connectivity index (χ1n) is 12.6. The zero-order valence-corrected chi connectivity index (χ0v) is 23.4. The Kier molecular flexibility index (Phi) is 9.43. The van der Waals surface area contributed by atoms with Crippen LogP contribution in [-0.4, -0.2) is 38.4 Å². The number of methoxy groups -OCH3 is 1. The number of imidazole rings is 1. The van der Waals surface area contributed by atoms with Gasteiger partial charge in [-0.2, -0.15) is 0 Å². The van der Waals surface area contributed by atoms with Crippen molar-refractivity contribution in [1.82, 2.24) is 9.55 Å². The summed E-state index contributed by atoms with van der Waals surface area (Å²) in [5.74, 6) is 0.183. The third-order valence-electron chi connectivity index (χ3n) is 6.36. The van der Waals surface area contributed by atoms with E-state index in [-0.39, 0.29) is 5.91 Å². The smallest absolute Gasteiger partial charge is 0.319 e. The number of aromatic nitrogens is 2. The highest BCUT2D eigenvalue weighted by atomic mass is 32.2. The van der Waals surface area contributed by atoms with E-state index in [2.05, 4.69) is 16.8 Å². The highest BCUT2D eigenvalue weighted by Gasteiger charge is 2.28. The van der Waals surface area contributed by atoms with Crippen LogP contribution in [0, 0.1) is 13.8 Å². The highest BCUT2D eigenvalue weighted by Crippen LogP contribution is 2.34. The molecule has 0 radical (unpaired) electrons. The molecule has 0 spiro atoms. The van der Waals surface area contributed by atoms with Gasteiger partial charge >= 0.3 is 5.97 Å². The molecule has 0 unspecified atom stereocenters.